The van der Waals surface area contributed by atoms with Crippen molar-refractivity contribution in [3.63, 3.8) is 0 Å². The molecule has 0 aliphatic carbocycles. The molecule has 5 heteroatoms. The molecule has 2 unspecified atom stereocenters. The van der Waals surface area contributed by atoms with Gasteiger partial charge in [-0.15, -0.1) is 10.2 Å². The van der Waals surface area contributed by atoms with E-state index in [0.29, 0.717) is 5.92 Å². The van der Waals surface area contributed by atoms with Crippen LogP contribution in [0.1, 0.15) is 49.4 Å². The summed E-state index contributed by atoms with van der Waals surface area (Å²) in [6.07, 6.45) is 3.86. The van der Waals surface area contributed by atoms with Gasteiger partial charge in [-0.3, -0.25) is 0 Å². The molecule has 1 N–H and O–H groups in total. The van der Waals surface area contributed by atoms with Gasteiger partial charge in [-0.2, -0.15) is 0 Å². The Morgan fingerprint density at radius 1 is 1.12 bits per heavy atom. The smallest absolute Gasteiger partial charge is 0.161 e. The van der Waals surface area contributed by atoms with Crippen molar-refractivity contribution in [1.29, 1.82) is 0 Å². The van der Waals surface area contributed by atoms with Gasteiger partial charge >= 0.3 is 0 Å². The Morgan fingerprint density at radius 2 is 1.88 bits per heavy atom. The minimum absolute atomic E-state index is 0.411. The van der Waals surface area contributed by atoms with Gasteiger partial charge in [-0.05, 0) is 39.3 Å². The molecule has 1 fully saturated rings. The Labute approximate surface area is 101 Å². The molecule has 0 spiro atoms. The van der Waals surface area contributed by atoms with Gasteiger partial charge in [0.05, 0.1) is 0 Å². The maximum absolute atomic E-state index is 9.89. The predicted molar refractivity (Wildman–Crippen MR) is 63.7 cm³/mol. The number of hydrogen-bond donors (Lipinski definition) is 1. The van der Waals surface area contributed by atoms with Gasteiger partial charge < -0.3 is 14.6 Å². The fraction of sp³-hybridized carbons (Fsp3) is 0.833. The Bertz CT molecular complexity index is 403. The van der Waals surface area contributed by atoms with E-state index in [9.17, 15) is 5.11 Å². The molecule has 2 aliphatic rings. The molecule has 1 aromatic heterocycles. The zero-order chi connectivity index (χ0) is 11.8. The zero-order valence-electron chi connectivity index (χ0n) is 10.3. The Morgan fingerprint density at radius 3 is 2.71 bits per heavy atom. The lowest BCUT2D eigenvalue weighted by atomic mass is 9.97. The molecular weight excluding hydrogens is 216 g/mol. The van der Waals surface area contributed by atoms with Gasteiger partial charge in [0.15, 0.2) is 5.82 Å². The molecule has 2 atom stereocenters. The van der Waals surface area contributed by atoms with Crippen LogP contribution in [0.4, 0.5) is 0 Å². The molecule has 0 amide bonds. The molecule has 0 saturated carbocycles. The lowest BCUT2D eigenvalue weighted by Crippen LogP contribution is -2.32. The van der Waals surface area contributed by atoms with E-state index in [1.807, 2.05) is 0 Å². The van der Waals surface area contributed by atoms with E-state index in [1.165, 1.54) is 19.4 Å². The van der Waals surface area contributed by atoms with Gasteiger partial charge in [0, 0.05) is 19.0 Å². The standard InChI is InChI=1S/C12H20N4O/c1-15-6-2-4-9(8-15)11-13-14-12-10(17)5-3-7-16(11)12/h9-10,17H,2-8H2,1H3. The lowest BCUT2D eigenvalue weighted by molar-refractivity contribution is 0.131. The van der Waals surface area contributed by atoms with E-state index < -0.39 is 6.10 Å². The summed E-state index contributed by atoms with van der Waals surface area (Å²) in [5.41, 5.74) is 0. The number of aliphatic hydroxyl groups is 1. The normalized spacial score (nSPS) is 30.2. The number of aliphatic hydroxyl groups excluding tert-OH is 1. The van der Waals surface area contributed by atoms with Crippen molar-refractivity contribution in [3.05, 3.63) is 11.6 Å². The summed E-state index contributed by atoms with van der Waals surface area (Å²) in [5, 5.41) is 18.4. The van der Waals surface area contributed by atoms with Crippen molar-refractivity contribution in [1.82, 2.24) is 19.7 Å². The predicted octanol–water partition coefficient (Wildman–Crippen LogP) is 0.914. The molecule has 3 rings (SSSR count). The van der Waals surface area contributed by atoms with Crippen molar-refractivity contribution in [2.75, 3.05) is 20.1 Å². The van der Waals surface area contributed by atoms with Crippen molar-refractivity contribution in [2.45, 2.75) is 44.2 Å². The summed E-state index contributed by atoms with van der Waals surface area (Å²) in [7, 11) is 2.16. The number of hydrogen-bond acceptors (Lipinski definition) is 4. The highest BCUT2D eigenvalue weighted by Gasteiger charge is 2.29. The van der Waals surface area contributed by atoms with Gasteiger partial charge in [-0.25, -0.2) is 0 Å². The van der Waals surface area contributed by atoms with Crippen LogP contribution in [0.3, 0.4) is 0 Å². The summed E-state index contributed by atoms with van der Waals surface area (Å²) in [6, 6.07) is 0. The van der Waals surface area contributed by atoms with Crippen LogP contribution in [0.25, 0.3) is 0 Å². The minimum atomic E-state index is -0.411. The molecule has 3 heterocycles. The first-order valence-corrected chi connectivity index (χ1v) is 6.55. The molecule has 0 aromatic carbocycles. The second kappa shape index (κ2) is 4.38. The van der Waals surface area contributed by atoms with Gasteiger partial charge in [-0.1, -0.05) is 0 Å². The quantitative estimate of drug-likeness (QED) is 0.787. The molecule has 1 aromatic rings. The Kier molecular flexibility index (Phi) is 2.88. The van der Waals surface area contributed by atoms with Crippen LogP contribution in [0, 0.1) is 0 Å². The van der Waals surface area contributed by atoms with E-state index in [4.69, 9.17) is 0 Å². The number of piperidine rings is 1. The fourth-order valence-corrected chi connectivity index (χ4v) is 3.05. The minimum Gasteiger partial charge on any atom is -0.385 e. The second-order valence-electron chi connectivity index (χ2n) is 5.33. The third kappa shape index (κ3) is 1.98. The molecule has 0 bridgehead atoms. The summed E-state index contributed by atoms with van der Waals surface area (Å²) in [4.78, 5) is 2.36. The van der Waals surface area contributed by atoms with Crippen molar-refractivity contribution in [3.8, 4) is 0 Å². The van der Waals surface area contributed by atoms with Crippen molar-refractivity contribution < 1.29 is 5.11 Å². The van der Waals surface area contributed by atoms with Crippen molar-refractivity contribution in [2.24, 2.45) is 0 Å². The first-order valence-electron chi connectivity index (χ1n) is 6.55. The molecule has 0 radical (unpaired) electrons. The molecule has 2 aliphatic heterocycles. The van der Waals surface area contributed by atoms with E-state index >= 15 is 0 Å². The van der Waals surface area contributed by atoms with Crippen LogP contribution >= 0.6 is 0 Å². The summed E-state index contributed by atoms with van der Waals surface area (Å²) in [5.74, 6) is 2.35. The maximum Gasteiger partial charge on any atom is 0.161 e. The average Bonchev–Trinajstić information content (AvgIpc) is 2.74. The SMILES string of the molecule is CN1CCCC(c2nnc3n2CCCC3O)C1. The third-order valence-electron chi connectivity index (χ3n) is 3.95. The topological polar surface area (TPSA) is 54.2 Å². The largest absolute Gasteiger partial charge is 0.385 e. The third-order valence-corrected chi connectivity index (χ3v) is 3.95. The van der Waals surface area contributed by atoms with Crippen LogP contribution in [0.5, 0.6) is 0 Å². The lowest BCUT2D eigenvalue weighted by Gasteiger charge is -2.30. The van der Waals surface area contributed by atoms with Crippen LogP contribution in [-0.4, -0.2) is 44.9 Å². The first kappa shape index (κ1) is 11.2. The Hall–Kier alpha value is -0.940. The van der Waals surface area contributed by atoms with E-state index in [0.717, 1.165) is 37.6 Å². The highest BCUT2D eigenvalue weighted by Crippen LogP contribution is 2.30. The molecule has 5 nitrogen and oxygen atoms in total. The molecule has 94 valence electrons. The molecule has 17 heavy (non-hydrogen) atoms. The van der Waals surface area contributed by atoms with E-state index in [1.54, 1.807) is 0 Å². The highest BCUT2D eigenvalue weighted by molar-refractivity contribution is 5.07. The monoisotopic (exact) mass is 236 g/mol. The summed E-state index contributed by atoms with van der Waals surface area (Å²) >= 11 is 0. The number of likely N-dealkylation sites (N-methyl/N-ethyl adjacent to an activating group) is 1. The number of fused-ring (bicyclic) bond motifs is 1. The number of nitrogens with zero attached hydrogens (tertiary/aromatic N) is 4. The second-order valence-corrected chi connectivity index (χ2v) is 5.33. The molecule has 1 saturated heterocycles. The van der Waals surface area contributed by atoms with E-state index in [2.05, 4.69) is 26.7 Å². The summed E-state index contributed by atoms with van der Waals surface area (Å²) < 4.78 is 2.15. The van der Waals surface area contributed by atoms with Gasteiger partial charge in [0.1, 0.15) is 11.9 Å². The van der Waals surface area contributed by atoms with Gasteiger partial charge in [0.2, 0.25) is 0 Å². The van der Waals surface area contributed by atoms with Crippen LogP contribution in [0.2, 0.25) is 0 Å². The van der Waals surface area contributed by atoms with Crippen LogP contribution in [-0.2, 0) is 6.54 Å². The number of rotatable bonds is 1. The highest BCUT2D eigenvalue weighted by atomic mass is 16.3. The summed E-state index contributed by atoms with van der Waals surface area (Å²) in [6.45, 7) is 3.21. The van der Waals surface area contributed by atoms with Crippen LogP contribution < -0.4 is 0 Å². The van der Waals surface area contributed by atoms with E-state index in [-0.39, 0.29) is 0 Å². The van der Waals surface area contributed by atoms with Crippen LogP contribution in [0.15, 0.2) is 0 Å². The number of likely N-dealkylation sites (tertiary alicyclic amines) is 1. The zero-order valence-corrected chi connectivity index (χ0v) is 10.3. The first-order chi connectivity index (χ1) is 8.25. The maximum atomic E-state index is 9.89. The molecular formula is C12H20N4O. The fourth-order valence-electron chi connectivity index (χ4n) is 3.05. The van der Waals surface area contributed by atoms with Gasteiger partial charge in [0.25, 0.3) is 0 Å². The average molecular weight is 236 g/mol. The Balaban J connectivity index is 1.88. The van der Waals surface area contributed by atoms with Crippen molar-refractivity contribution >= 4 is 0 Å². The number of aromatic nitrogens is 3.